The van der Waals surface area contributed by atoms with E-state index < -0.39 is 10.0 Å². The van der Waals surface area contributed by atoms with Crippen LogP contribution in [0.1, 0.15) is 46.0 Å². The minimum Gasteiger partial charge on any atom is -0.396 e. The molecule has 0 fully saturated rings. The van der Waals surface area contributed by atoms with E-state index in [4.69, 9.17) is 10.9 Å². The first-order valence-electron chi connectivity index (χ1n) is 7.47. The van der Waals surface area contributed by atoms with Crippen molar-refractivity contribution in [2.24, 2.45) is 11.1 Å². The third kappa shape index (κ3) is 6.35. The third-order valence-corrected chi connectivity index (χ3v) is 4.37. The summed E-state index contributed by atoms with van der Waals surface area (Å²) in [6.07, 6.45) is 5.97. The highest BCUT2D eigenvalue weighted by Crippen LogP contribution is 2.25. The second-order valence-electron chi connectivity index (χ2n) is 5.79. The van der Waals surface area contributed by atoms with Crippen molar-refractivity contribution >= 4 is 21.4 Å². The Labute approximate surface area is 128 Å². The largest absolute Gasteiger partial charge is 0.396 e. The van der Waals surface area contributed by atoms with Crippen molar-refractivity contribution in [1.29, 1.82) is 0 Å². The highest BCUT2D eigenvalue weighted by atomic mass is 32.2. The summed E-state index contributed by atoms with van der Waals surface area (Å²) in [4.78, 5) is -0.0237. The molecule has 6 heteroatoms. The molecule has 0 heterocycles. The highest BCUT2D eigenvalue weighted by molar-refractivity contribution is 7.89. The van der Waals surface area contributed by atoms with Crippen LogP contribution >= 0.6 is 0 Å². The second-order valence-corrected chi connectivity index (χ2v) is 7.32. The lowest BCUT2D eigenvalue weighted by Gasteiger charge is -2.12. The van der Waals surface area contributed by atoms with Crippen LogP contribution in [0.15, 0.2) is 23.1 Å². The molecule has 0 saturated carbocycles. The summed E-state index contributed by atoms with van der Waals surface area (Å²) in [7, 11) is -3.77. The van der Waals surface area contributed by atoms with Crippen molar-refractivity contribution in [1.82, 2.24) is 0 Å². The number of primary sulfonamides is 1. The van der Waals surface area contributed by atoms with Crippen LogP contribution in [0.5, 0.6) is 0 Å². The number of para-hydroxylation sites is 1. The maximum absolute atomic E-state index is 11.4. The van der Waals surface area contributed by atoms with Gasteiger partial charge in [0, 0.05) is 6.54 Å². The van der Waals surface area contributed by atoms with E-state index in [1.54, 1.807) is 12.1 Å². The number of rotatable bonds is 9. The van der Waals surface area contributed by atoms with Crippen LogP contribution in [0.3, 0.4) is 0 Å². The number of nitrogens with one attached hydrogen (secondary N) is 1. The van der Waals surface area contributed by atoms with Crippen LogP contribution in [0, 0.1) is 5.92 Å². The van der Waals surface area contributed by atoms with Gasteiger partial charge in [-0.15, -0.1) is 0 Å². The molecule has 0 spiro atoms. The zero-order chi connectivity index (χ0) is 15.9. The summed E-state index contributed by atoms with van der Waals surface area (Å²) in [5, 5.41) is 8.31. The van der Waals surface area contributed by atoms with E-state index in [-0.39, 0.29) is 10.6 Å². The predicted octanol–water partition coefficient (Wildman–Crippen LogP) is 2.93. The molecule has 0 atom stereocenters. The van der Waals surface area contributed by atoms with Crippen molar-refractivity contribution in [3.8, 4) is 0 Å². The van der Waals surface area contributed by atoms with E-state index in [9.17, 15) is 8.42 Å². The van der Waals surface area contributed by atoms with E-state index >= 15 is 0 Å². The number of hydrogen-bond donors (Lipinski definition) is 3. The fourth-order valence-electron chi connectivity index (χ4n) is 2.20. The summed E-state index contributed by atoms with van der Waals surface area (Å²) in [6, 6.07) is 4.83. The standard InChI is InChI=1S/C15H27N3O2S/c1-12(2)8-5-3-4-6-11-18-13-9-7-10-14(15(13)16)21(17,19)20/h7,9-10,12,18H,3-6,8,11,16H2,1-2H3,(H2,17,19,20). The molecule has 0 saturated heterocycles. The first kappa shape index (κ1) is 17.8. The first-order chi connectivity index (χ1) is 9.82. The van der Waals surface area contributed by atoms with E-state index in [0.717, 1.165) is 25.3 Å². The number of sulfonamides is 1. The van der Waals surface area contributed by atoms with Gasteiger partial charge in [0.1, 0.15) is 4.90 Å². The molecule has 1 rings (SSSR count). The molecule has 5 N–H and O–H groups in total. The second kappa shape index (κ2) is 8.24. The molecule has 21 heavy (non-hydrogen) atoms. The minimum absolute atomic E-state index is 0.0237. The minimum atomic E-state index is -3.77. The van der Waals surface area contributed by atoms with Gasteiger partial charge in [-0.3, -0.25) is 0 Å². The summed E-state index contributed by atoms with van der Waals surface area (Å²) in [5.74, 6) is 0.767. The van der Waals surface area contributed by atoms with E-state index in [1.807, 2.05) is 0 Å². The van der Waals surface area contributed by atoms with Crippen molar-refractivity contribution in [2.45, 2.75) is 50.8 Å². The van der Waals surface area contributed by atoms with E-state index in [1.165, 1.54) is 25.3 Å². The molecule has 1 aromatic carbocycles. The molecule has 5 nitrogen and oxygen atoms in total. The SMILES string of the molecule is CC(C)CCCCCCNc1cccc(S(N)(=O)=O)c1N. The van der Waals surface area contributed by atoms with Gasteiger partial charge in [-0.1, -0.05) is 45.6 Å². The zero-order valence-electron chi connectivity index (χ0n) is 12.9. The van der Waals surface area contributed by atoms with Crippen LogP contribution in [-0.4, -0.2) is 15.0 Å². The fourth-order valence-corrected chi connectivity index (χ4v) is 2.89. The smallest absolute Gasteiger partial charge is 0.240 e. The molecule has 1 aromatic rings. The number of nitrogens with two attached hydrogens (primary N) is 2. The van der Waals surface area contributed by atoms with Gasteiger partial charge in [0.15, 0.2) is 0 Å². The maximum Gasteiger partial charge on any atom is 0.240 e. The Morgan fingerprint density at radius 1 is 1.14 bits per heavy atom. The van der Waals surface area contributed by atoms with Gasteiger partial charge in [-0.25, -0.2) is 13.6 Å². The zero-order valence-corrected chi connectivity index (χ0v) is 13.7. The van der Waals surface area contributed by atoms with Crippen molar-refractivity contribution in [2.75, 3.05) is 17.6 Å². The van der Waals surface area contributed by atoms with Gasteiger partial charge in [-0.05, 0) is 24.5 Å². The molecule has 0 aliphatic rings. The van der Waals surface area contributed by atoms with Crippen LogP contribution < -0.4 is 16.2 Å². The fraction of sp³-hybridized carbons (Fsp3) is 0.600. The number of benzene rings is 1. The lowest BCUT2D eigenvalue weighted by atomic mass is 10.0. The van der Waals surface area contributed by atoms with Gasteiger partial charge in [0.2, 0.25) is 10.0 Å². The monoisotopic (exact) mass is 313 g/mol. The normalized spacial score (nSPS) is 11.8. The first-order valence-corrected chi connectivity index (χ1v) is 9.02. The number of hydrogen-bond acceptors (Lipinski definition) is 4. The third-order valence-electron chi connectivity index (χ3n) is 3.40. The van der Waals surface area contributed by atoms with Gasteiger partial charge in [0.05, 0.1) is 11.4 Å². The van der Waals surface area contributed by atoms with Crippen molar-refractivity contribution in [3.05, 3.63) is 18.2 Å². The Kier molecular flexibility index (Phi) is 6.98. The Balaban J connectivity index is 2.40. The maximum atomic E-state index is 11.4. The molecule has 0 aliphatic heterocycles. The van der Waals surface area contributed by atoms with Crippen molar-refractivity contribution < 1.29 is 8.42 Å². The molecule has 0 unspecified atom stereocenters. The average Bonchev–Trinajstić information content (AvgIpc) is 2.37. The molecule has 0 aliphatic carbocycles. The number of anilines is 2. The summed E-state index contributed by atoms with van der Waals surface area (Å²) in [6.45, 7) is 5.26. The number of unbranched alkanes of at least 4 members (excludes halogenated alkanes) is 3. The highest BCUT2D eigenvalue weighted by Gasteiger charge is 2.14. The lowest BCUT2D eigenvalue weighted by Crippen LogP contribution is -2.15. The molecule has 0 amide bonds. The predicted molar refractivity (Wildman–Crippen MR) is 88.6 cm³/mol. The number of nitrogen functional groups attached to an aromatic ring is 1. The van der Waals surface area contributed by atoms with E-state index in [0.29, 0.717) is 5.69 Å². The van der Waals surface area contributed by atoms with Crippen LogP contribution in [0.2, 0.25) is 0 Å². The van der Waals surface area contributed by atoms with Gasteiger partial charge < -0.3 is 11.1 Å². The molecule has 0 bridgehead atoms. The van der Waals surface area contributed by atoms with Crippen LogP contribution in [0.25, 0.3) is 0 Å². The topological polar surface area (TPSA) is 98.2 Å². The molecule has 0 aromatic heterocycles. The average molecular weight is 313 g/mol. The summed E-state index contributed by atoms with van der Waals surface area (Å²) < 4.78 is 22.8. The Hall–Kier alpha value is -1.27. The summed E-state index contributed by atoms with van der Waals surface area (Å²) in [5.41, 5.74) is 6.67. The summed E-state index contributed by atoms with van der Waals surface area (Å²) >= 11 is 0. The molecular formula is C15H27N3O2S. The quantitative estimate of drug-likeness (QED) is 0.482. The lowest BCUT2D eigenvalue weighted by molar-refractivity contribution is 0.523. The Morgan fingerprint density at radius 3 is 2.43 bits per heavy atom. The van der Waals surface area contributed by atoms with Gasteiger partial charge in [0.25, 0.3) is 0 Å². The molecular weight excluding hydrogens is 286 g/mol. The van der Waals surface area contributed by atoms with Gasteiger partial charge >= 0.3 is 0 Å². The Bertz CT molecular complexity index is 542. The van der Waals surface area contributed by atoms with Crippen molar-refractivity contribution in [3.63, 3.8) is 0 Å². The van der Waals surface area contributed by atoms with Gasteiger partial charge in [-0.2, -0.15) is 0 Å². The molecule has 120 valence electrons. The van der Waals surface area contributed by atoms with Crippen LogP contribution in [0.4, 0.5) is 11.4 Å². The molecule has 0 radical (unpaired) electrons. The van der Waals surface area contributed by atoms with Crippen LogP contribution in [-0.2, 0) is 10.0 Å². The Morgan fingerprint density at radius 2 is 1.81 bits per heavy atom. The van der Waals surface area contributed by atoms with E-state index in [2.05, 4.69) is 19.2 Å².